The van der Waals surface area contributed by atoms with E-state index in [1.54, 1.807) is 41.0 Å². The van der Waals surface area contributed by atoms with Gasteiger partial charge in [0, 0.05) is 66.7 Å². The van der Waals surface area contributed by atoms with E-state index in [9.17, 15) is 22.2 Å². The Bertz CT molecular complexity index is 1390. The molecule has 2 N–H and O–H groups in total. The first kappa shape index (κ1) is 26.5. The maximum atomic E-state index is 13.2. The third-order valence-corrected chi connectivity index (χ3v) is 7.34. The number of carbonyl (C=O) groups is 1. The van der Waals surface area contributed by atoms with Crippen LogP contribution in [0.4, 0.5) is 13.2 Å². The normalized spacial score (nSPS) is 17.0. The second-order valence-corrected chi connectivity index (χ2v) is 9.69. The first-order valence-corrected chi connectivity index (χ1v) is 12.3. The van der Waals surface area contributed by atoms with E-state index in [4.69, 9.17) is 4.42 Å². The van der Waals surface area contributed by atoms with Gasteiger partial charge in [-0.2, -0.15) is 13.2 Å². The molecular weight excluding hydrogens is 511 g/mol. The number of halogens is 3. The summed E-state index contributed by atoms with van der Waals surface area (Å²) in [7, 11) is -1.62. The molecule has 0 saturated carbocycles. The summed E-state index contributed by atoms with van der Waals surface area (Å²) in [5.41, 5.74) is 0.742. The molecule has 2 atom stereocenters. The average molecular weight is 534 g/mol. The Labute approximate surface area is 211 Å². The number of pyridine rings is 2. The zero-order valence-electron chi connectivity index (χ0n) is 19.3. The highest BCUT2D eigenvalue weighted by Crippen LogP contribution is 2.30. The van der Waals surface area contributed by atoms with Gasteiger partial charge in [-0.1, -0.05) is 0 Å². The Morgan fingerprint density at radius 1 is 1.11 bits per heavy atom. The molecular formula is C24H22F3N5O4S. The zero-order valence-corrected chi connectivity index (χ0v) is 20.1. The Balaban J connectivity index is 0.00000320. The van der Waals surface area contributed by atoms with Gasteiger partial charge in [-0.25, -0.2) is 18.5 Å². The summed E-state index contributed by atoms with van der Waals surface area (Å²) in [5.74, 6) is 0.0768. The molecule has 0 spiro atoms. The van der Waals surface area contributed by atoms with Gasteiger partial charge in [-0.15, -0.1) is 0 Å². The number of Topliss-reactive ketones (excluding diaryl/α,β-unsaturated/α-hetero) is 1. The zero-order chi connectivity index (χ0) is 25.3. The molecule has 1 aliphatic rings. The van der Waals surface area contributed by atoms with E-state index in [2.05, 4.69) is 19.9 Å². The molecule has 4 aromatic heterocycles. The lowest BCUT2D eigenvalue weighted by molar-refractivity contribution is -0.138. The predicted octanol–water partition coefficient (Wildman–Crippen LogP) is 3.56. The van der Waals surface area contributed by atoms with Gasteiger partial charge in [0.2, 0.25) is 5.09 Å². The van der Waals surface area contributed by atoms with Crippen LogP contribution >= 0.6 is 0 Å². The highest BCUT2D eigenvalue weighted by Gasteiger charge is 2.36. The van der Waals surface area contributed by atoms with E-state index in [1.807, 2.05) is 0 Å². The third-order valence-electron chi connectivity index (χ3n) is 5.94. The SMILES string of the molecule is O.O=C(CCc1cc(-c2ncc(C(F)(F)F)cn2)ccn1)[C@@H]1CCCN1S(=O)c1cc2cnccc2o1. The number of hydrogen-bond donors (Lipinski definition) is 0. The Morgan fingerprint density at radius 2 is 1.89 bits per heavy atom. The van der Waals surface area contributed by atoms with Crippen LogP contribution in [0.1, 0.15) is 30.5 Å². The minimum absolute atomic E-state index is 0. The molecule has 5 heterocycles. The van der Waals surface area contributed by atoms with Gasteiger partial charge in [0.25, 0.3) is 0 Å². The largest absolute Gasteiger partial charge is 0.446 e. The maximum Gasteiger partial charge on any atom is 0.419 e. The highest BCUT2D eigenvalue weighted by atomic mass is 32.2. The first-order valence-electron chi connectivity index (χ1n) is 11.2. The number of ketones is 1. The molecule has 1 fully saturated rings. The number of aromatic nitrogens is 4. The number of aryl methyl sites for hydroxylation is 1. The number of rotatable bonds is 7. The molecule has 37 heavy (non-hydrogen) atoms. The lowest BCUT2D eigenvalue weighted by Gasteiger charge is -2.20. The molecule has 9 nitrogen and oxygen atoms in total. The minimum atomic E-state index is -4.51. The Hall–Kier alpha value is -3.55. The van der Waals surface area contributed by atoms with Gasteiger partial charge in [-0.3, -0.25) is 14.8 Å². The molecule has 194 valence electrons. The first-order chi connectivity index (χ1) is 17.3. The standard InChI is InChI=1S/C24H20F3N5O3S.H2O/c25-24(26,27)17-13-30-23(31-14-17)15-5-8-29-18(10-15)3-4-20(33)19-2-1-9-32(19)36(34)22-11-16-12-28-7-6-21(16)35-22;/h5-8,10-14,19H,1-4,9H2;1H2/t19-,36?;/m0./s1. The van der Waals surface area contributed by atoms with Crippen molar-refractivity contribution in [3.05, 3.63) is 66.5 Å². The lowest BCUT2D eigenvalue weighted by atomic mass is 10.0. The quantitative estimate of drug-likeness (QED) is 0.355. The Morgan fingerprint density at radius 3 is 2.62 bits per heavy atom. The fourth-order valence-electron chi connectivity index (χ4n) is 4.12. The van der Waals surface area contributed by atoms with Crippen LogP contribution in [0.3, 0.4) is 0 Å². The second kappa shape index (κ2) is 10.8. The number of fused-ring (bicyclic) bond motifs is 1. The van der Waals surface area contributed by atoms with Crippen LogP contribution in [0, 0.1) is 0 Å². The van der Waals surface area contributed by atoms with Crippen molar-refractivity contribution in [2.24, 2.45) is 0 Å². The van der Waals surface area contributed by atoms with E-state index in [0.29, 0.717) is 36.2 Å². The van der Waals surface area contributed by atoms with Crippen LogP contribution in [0.2, 0.25) is 0 Å². The molecule has 1 aliphatic heterocycles. The number of carbonyl (C=O) groups excluding carboxylic acids is 1. The van der Waals surface area contributed by atoms with Crippen LogP contribution in [-0.2, 0) is 28.4 Å². The average Bonchev–Trinajstić information content (AvgIpc) is 3.54. The van der Waals surface area contributed by atoms with Crippen molar-refractivity contribution in [1.82, 2.24) is 24.2 Å². The summed E-state index contributed by atoms with van der Waals surface area (Å²) < 4.78 is 58.8. The number of hydrogen-bond acceptors (Lipinski definition) is 7. The number of furan rings is 1. The summed E-state index contributed by atoms with van der Waals surface area (Å²) >= 11 is 0. The van der Waals surface area contributed by atoms with E-state index in [1.165, 1.54) is 6.20 Å². The van der Waals surface area contributed by atoms with E-state index >= 15 is 0 Å². The fraction of sp³-hybridized carbons (Fsp3) is 0.292. The molecule has 5 rings (SSSR count). The molecule has 0 radical (unpaired) electrons. The monoisotopic (exact) mass is 533 g/mol. The van der Waals surface area contributed by atoms with E-state index in [0.717, 1.165) is 24.2 Å². The van der Waals surface area contributed by atoms with Crippen LogP contribution in [-0.4, -0.2) is 52.3 Å². The molecule has 1 saturated heterocycles. The molecule has 0 bridgehead atoms. The van der Waals surface area contributed by atoms with Gasteiger partial charge >= 0.3 is 6.18 Å². The molecule has 1 unspecified atom stereocenters. The minimum Gasteiger partial charge on any atom is -0.446 e. The van der Waals surface area contributed by atoms with Crippen LogP contribution in [0.15, 0.2) is 64.8 Å². The summed E-state index contributed by atoms with van der Waals surface area (Å²) in [6.45, 7) is 0.511. The van der Waals surface area contributed by atoms with E-state index < -0.39 is 28.8 Å². The lowest BCUT2D eigenvalue weighted by Crippen LogP contribution is -2.37. The van der Waals surface area contributed by atoms with Crippen LogP contribution in [0.5, 0.6) is 0 Å². The third kappa shape index (κ3) is 5.73. The number of nitrogens with zero attached hydrogens (tertiary/aromatic N) is 5. The van der Waals surface area contributed by atoms with Crippen LogP contribution in [0.25, 0.3) is 22.4 Å². The van der Waals surface area contributed by atoms with Crippen molar-refractivity contribution in [1.29, 1.82) is 0 Å². The van der Waals surface area contributed by atoms with Gasteiger partial charge < -0.3 is 9.89 Å². The van der Waals surface area contributed by atoms with Crippen molar-refractivity contribution >= 4 is 27.7 Å². The van der Waals surface area contributed by atoms with Crippen molar-refractivity contribution in [3.8, 4) is 11.4 Å². The predicted molar refractivity (Wildman–Crippen MR) is 127 cm³/mol. The van der Waals surface area contributed by atoms with Gasteiger partial charge in [0.05, 0.1) is 11.6 Å². The van der Waals surface area contributed by atoms with Gasteiger partial charge in [0.1, 0.15) is 5.58 Å². The summed E-state index contributed by atoms with van der Waals surface area (Å²) in [5, 5.41) is 1.02. The van der Waals surface area contributed by atoms with Crippen molar-refractivity contribution < 1.29 is 32.1 Å². The highest BCUT2D eigenvalue weighted by molar-refractivity contribution is 7.82. The Kier molecular flexibility index (Phi) is 7.76. The summed E-state index contributed by atoms with van der Waals surface area (Å²) in [4.78, 5) is 29.0. The molecule has 0 aromatic carbocycles. The molecule has 0 amide bonds. The topological polar surface area (TPSA) is 134 Å². The summed E-state index contributed by atoms with van der Waals surface area (Å²) in [6, 6.07) is 6.12. The van der Waals surface area contributed by atoms with Gasteiger partial charge in [-0.05, 0) is 37.5 Å². The van der Waals surface area contributed by atoms with Crippen molar-refractivity contribution in [2.75, 3.05) is 6.54 Å². The smallest absolute Gasteiger partial charge is 0.419 e. The number of alkyl halides is 3. The molecule has 13 heteroatoms. The van der Waals surface area contributed by atoms with E-state index in [-0.39, 0.29) is 28.6 Å². The van der Waals surface area contributed by atoms with Crippen molar-refractivity contribution in [3.63, 3.8) is 0 Å². The second-order valence-electron chi connectivity index (χ2n) is 8.32. The fourth-order valence-corrected chi connectivity index (χ4v) is 5.49. The van der Waals surface area contributed by atoms with Gasteiger partial charge in [0.15, 0.2) is 22.6 Å². The van der Waals surface area contributed by atoms with Crippen LogP contribution < -0.4 is 0 Å². The summed E-state index contributed by atoms with van der Waals surface area (Å²) in [6.07, 6.45) is 3.51. The maximum absolute atomic E-state index is 13.2. The molecule has 4 aromatic rings. The van der Waals surface area contributed by atoms with Crippen molar-refractivity contribution in [2.45, 2.75) is 43.0 Å². The molecule has 0 aliphatic carbocycles.